The smallest absolute Gasteiger partial charge is 0.0334 e. The van der Waals surface area contributed by atoms with Gasteiger partial charge in [-0.05, 0) is 25.7 Å². The normalized spacial score (nSPS) is 33.3. The Morgan fingerprint density at radius 1 is 0.833 bits per heavy atom. The number of hydrogen-bond donors (Lipinski definition) is 0. The SMILES string of the molecule is C1=CC(SSC2C=CCC2)CC1. The van der Waals surface area contributed by atoms with Gasteiger partial charge in [-0.3, -0.25) is 0 Å². The van der Waals surface area contributed by atoms with E-state index in [9.17, 15) is 0 Å². The van der Waals surface area contributed by atoms with Gasteiger partial charge in [0.15, 0.2) is 0 Å². The minimum atomic E-state index is 0.795. The minimum absolute atomic E-state index is 0.795. The minimum Gasteiger partial charge on any atom is -0.0874 e. The Hall–Kier alpha value is 0.180. The molecule has 0 spiro atoms. The number of hydrogen-bond acceptors (Lipinski definition) is 2. The quantitative estimate of drug-likeness (QED) is 0.499. The van der Waals surface area contributed by atoms with E-state index in [0.717, 1.165) is 10.5 Å². The Morgan fingerprint density at radius 2 is 1.33 bits per heavy atom. The van der Waals surface area contributed by atoms with Crippen molar-refractivity contribution in [3.8, 4) is 0 Å². The topological polar surface area (TPSA) is 0 Å². The van der Waals surface area contributed by atoms with E-state index in [1.54, 1.807) is 0 Å². The van der Waals surface area contributed by atoms with Crippen molar-refractivity contribution in [2.24, 2.45) is 0 Å². The predicted octanol–water partition coefficient (Wildman–Crippen LogP) is 3.81. The number of rotatable bonds is 3. The summed E-state index contributed by atoms with van der Waals surface area (Å²) in [6.45, 7) is 0. The predicted molar refractivity (Wildman–Crippen MR) is 59.5 cm³/mol. The van der Waals surface area contributed by atoms with Crippen molar-refractivity contribution in [3.05, 3.63) is 24.3 Å². The van der Waals surface area contributed by atoms with E-state index in [2.05, 4.69) is 45.9 Å². The standard InChI is InChI=1S/C10H14S2/c1-2-6-9(5-1)11-12-10-7-3-4-8-10/h1,3,5,7,9-10H,2,4,6,8H2. The van der Waals surface area contributed by atoms with Gasteiger partial charge in [0.05, 0.1) is 0 Å². The Labute approximate surface area is 82.3 Å². The van der Waals surface area contributed by atoms with Crippen LogP contribution in [0, 0.1) is 0 Å². The van der Waals surface area contributed by atoms with Gasteiger partial charge in [-0.15, -0.1) is 0 Å². The molecule has 2 aliphatic carbocycles. The van der Waals surface area contributed by atoms with E-state index < -0.39 is 0 Å². The lowest BCUT2D eigenvalue weighted by molar-refractivity contribution is 0.942. The van der Waals surface area contributed by atoms with Gasteiger partial charge >= 0.3 is 0 Å². The van der Waals surface area contributed by atoms with Gasteiger partial charge in [0.1, 0.15) is 0 Å². The molecule has 0 N–H and O–H groups in total. The third-order valence-corrected chi connectivity index (χ3v) is 5.45. The Balaban J connectivity index is 1.67. The molecule has 0 heterocycles. The van der Waals surface area contributed by atoms with E-state index in [1.807, 2.05) is 0 Å². The molecule has 0 bridgehead atoms. The second-order valence-electron chi connectivity index (χ2n) is 3.28. The Kier molecular flexibility index (Phi) is 3.23. The van der Waals surface area contributed by atoms with Crippen LogP contribution in [0.4, 0.5) is 0 Å². The molecule has 12 heavy (non-hydrogen) atoms. The van der Waals surface area contributed by atoms with E-state index in [1.165, 1.54) is 25.7 Å². The zero-order valence-corrected chi connectivity index (χ0v) is 8.74. The summed E-state index contributed by atoms with van der Waals surface area (Å²) in [6.07, 6.45) is 14.6. The van der Waals surface area contributed by atoms with Crippen molar-refractivity contribution in [3.63, 3.8) is 0 Å². The molecule has 2 aliphatic rings. The highest BCUT2D eigenvalue weighted by Gasteiger charge is 2.14. The second-order valence-corrected chi connectivity index (χ2v) is 6.03. The molecule has 0 aromatic rings. The average molecular weight is 198 g/mol. The van der Waals surface area contributed by atoms with Gasteiger partial charge in [-0.1, -0.05) is 45.9 Å². The zero-order valence-electron chi connectivity index (χ0n) is 7.11. The van der Waals surface area contributed by atoms with Crippen LogP contribution in [0.2, 0.25) is 0 Å². The highest BCUT2D eigenvalue weighted by atomic mass is 33.1. The van der Waals surface area contributed by atoms with Crippen molar-refractivity contribution in [1.82, 2.24) is 0 Å². The lowest BCUT2D eigenvalue weighted by atomic mass is 10.4. The average Bonchev–Trinajstić information content (AvgIpc) is 2.74. The molecule has 0 aromatic carbocycles. The van der Waals surface area contributed by atoms with Crippen LogP contribution in [0.3, 0.4) is 0 Å². The Morgan fingerprint density at radius 3 is 1.67 bits per heavy atom. The van der Waals surface area contributed by atoms with Crippen molar-refractivity contribution in [1.29, 1.82) is 0 Å². The van der Waals surface area contributed by atoms with Crippen LogP contribution in [-0.4, -0.2) is 10.5 Å². The van der Waals surface area contributed by atoms with Crippen LogP contribution in [0.5, 0.6) is 0 Å². The lowest BCUT2D eigenvalue weighted by Crippen LogP contribution is -1.94. The molecule has 0 saturated carbocycles. The molecule has 66 valence electrons. The molecule has 2 atom stereocenters. The molecule has 0 radical (unpaired) electrons. The van der Waals surface area contributed by atoms with Crippen LogP contribution < -0.4 is 0 Å². The molecule has 2 heteroatoms. The summed E-state index contributed by atoms with van der Waals surface area (Å²) in [7, 11) is 4.12. The van der Waals surface area contributed by atoms with Gasteiger partial charge in [-0.25, -0.2) is 0 Å². The van der Waals surface area contributed by atoms with Gasteiger partial charge in [0.25, 0.3) is 0 Å². The number of allylic oxidation sites excluding steroid dienone is 2. The molecule has 2 rings (SSSR count). The maximum Gasteiger partial charge on any atom is 0.0334 e. The third-order valence-electron chi connectivity index (χ3n) is 2.24. The molecule has 0 fully saturated rings. The van der Waals surface area contributed by atoms with Crippen molar-refractivity contribution in [2.45, 2.75) is 36.2 Å². The molecule has 0 amide bonds. The fourth-order valence-corrected chi connectivity index (χ4v) is 4.43. The summed E-state index contributed by atoms with van der Waals surface area (Å²) in [4.78, 5) is 0. The van der Waals surface area contributed by atoms with Gasteiger partial charge in [0.2, 0.25) is 0 Å². The summed E-state index contributed by atoms with van der Waals surface area (Å²) >= 11 is 0. The molecule has 0 saturated heterocycles. The molecular weight excluding hydrogens is 184 g/mol. The van der Waals surface area contributed by atoms with E-state index >= 15 is 0 Å². The van der Waals surface area contributed by atoms with Crippen LogP contribution in [-0.2, 0) is 0 Å². The molecule has 0 aliphatic heterocycles. The maximum atomic E-state index is 2.36. The fourth-order valence-electron chi connectivity index (χ4n) is 1.51. The van der Waals surface area contributed by atoms with E-state index in [-0.39, 0.29) is 0 Å². The third kappa shape index (κ3) is 2.33. The molecule has 0 aromatic heterocycles. The second kappa shape index (κ2) is 4.43. The summed E-state index contributed by atoms with van der Waals surface area (Å²) in [5.41, 5.74) is 0. The van der Waals surface area contributed by atoms with E-state index in [4.69, 9.17) is 0 Å². The highest BCUT2D eigenvalue weighted by Crippen LogP contribution is 2.39. The summed E-state index contributed by atoms with van der Waals surface area (Å²) in [6, 6.07) is 0. The maximum absolute atomic E-state index is 2.36. The summed E-state index contributed by atoms with van der Waals surface area (Å²) < 4.78 is 0. The molecule has 0 nitrogen and oxygen atoms in total. The Bertz CT molecular complexity index is 174. The van der Waals surface area contributed by atoms with E-state index in [0.29, 0.717) is 0 Å². The van der Waals surface area contributed by atoms with Gasteiger partial charge in [0, 0.05) is 10.5 Å². The summed E-state index contributed by atoms with van der Waals surface area (Å²) in [5, 5.41) is 1.59. The van der Waals surface area contributed by atoms with Crippen LogP contribution in [0.15, 0.2) is 24.3 Å². The van der Waals surface area contributed by atoms with Crippen LogP contribution >= 0.6 is 21.6 Å². The van der Waals surface area contributed by atoms with Crippen molar-refractivity contribution in [2.75, 3.05) is 0 Å². The van der Waals surface area contributed by atoms with Gasteiger partial charge in [-0.2, -0.15) is 0 Å². The first kappa shape index (κ1) is 8.76. The van der Waals surface area contributed by atoms with Crippen molar-refractivity contribution < 1.29 is 0 Å². The highest BCUT2D eigenvalue weighted by molar-refractivity contribution is 8.77. The first-order valence-electron chi connectivity index (χ1n) is 4.60. The zero-order chi connectivity index (χ0) is 8.23. The van der Waals surface area contributed by atoms with Gasteiger partial charge < -0.3 is 0 Å². The van der Waals surface area contributed by atoms with Crippen molar-refractivity contribution >= 4 is 21.6 Å². The van der Waals surface area contributed by atoms with Crippen LogP contribution in [0.25, 0.3) is 0 Å². The fraction of sp³-hybridized carbons (Fsp3) is 0.600. The monoisotopic (exact) mass is 198 g/mol. The first-order chi connectivity index (χ1) is 5.95. The van der Waals surface area contributed by atoms with Crippen LogP contribution in [0.1, 0.15) is 25.7 Å². The largest absolute Gasteiger partial charge is 0.0874 e. The first-order valence-corrected chi connectivity index (χ1v) is 6.88. The summed E-state index contributed by atoms with van der Waals surface area (Å²) in [5.74, 6) is 0. The lowest BCUT2D eigenvalue weighted by Gasteiger charge is -2.09. The molecule has 2 unspecified atom stereocenters. The molecular formula is C10H14S2.